The van der Waals surface area contributed by atoms with Gasteiger partial charge < -0.3 is 0 Å². The Morgan fingerprint density at radius 2 is 1.43 bits per heavy atom. The van der Waals surface area contributed by atoms with E-state index in [0.29, 0.717) is 11.4 Å². The van der Waals surface area contributed by atoms with Crippen LogP contribution >= 0.6 is 0 Å². The Morgan fingerprint density at radius 1 is 0.821 bits per heavy atom. The summed E-state index contributed by atoms with van der Waals surface area (Å²) in [6, 6.07) is 27.2. The summed E-state index contributed by atoms with van der Waals surface area (Å²) >= 11 is 0. The van der Waals surface area contributed by atoms with Crippen LogP contribution in [-0.4, -0.2) is 26.4 Å². The molecule has 4 nitrogen and oxygen atoms in total. The predicted molar refractivity (Wildman–Crippen MR) is 111 cm³/mol. The highest BCUT2D eigenvalue weighted by atomic mass is 32.2. The van der Waals surface area contributed by atoms with Gasteiger partial charge in [-0.2, -0.15) is 0 Å². The van der Waals surface area contributed by atoms with Crippen LogP contribution in [0.15, 0.2) is 89.8 Å². The highest BCUT2D eigenvalue weighted by Crippen LogP contribution is 2.28. The van der Waals surface area contributed by atoms with Crippen molar-refractivity contribution in [1.29, 1.82) is 0 Å². The first-order valence-electron chi connectivity index (χ1n) is 9.54. The van der Waals surface area contributed by atoms with Crippen LogP contribution in [0.4, 0.5) is 0 Å². The molecule has 0 saturated carbocycles. The van der Waals surface area contributed by atoms with Crippen molar-refractivity contribution in [2.75, 3.05) is 13.1 Å². The molecule has 0 aromatic heterocycles. The SMILES string of the molecule is O=S(=O)(NC[C@H](c1ccccc1)N1CCc2ccccc2C1)c1ccccc1. The van der Waals surface area contributed by atoms with E-state index in [9.17, 15) is 8.42 Å². The smallest absolute Gasteiger partial charge is 0.240 e. The standard InChI is InChI=1S/C23H24N2O2S/c26-28(27,22-13-5-2-6-14-22)24-17-23(20-10-3-1-4-11-20)25-16-15-19-9-7-8-12-21(19)18-25/h1-14,23-24H,15-18H2/t23-/m1/s1. The van der Waals surface area contributed by atoms with Crippen LogP contribution < -0.4 is 4.72 Å². The molecule has 144 valence electrons. The van der Waals surface area contributed by atoms with Crippen LogP contribution in [0.3, 0.4) is 0 Å². The maximum absolute atomic E-state index is 12.7. The van der Waals surface area contributed by atoms with Crippen molar-refractivity contribution in [3.05, 3.63) is 102 Å². The first kappa shape index (κ1) is 18.9. The minimum atomic E-state index is -3.54. The second-order valence-corrected chi connectivity index (χ2v) is 8.85. The van der Waals surface area contributed by atoms with Crippen molar-refractivity contribution < 1.29 is 8.42 Å². The maximum atomic E-state index is 12.7. The summed E-state index contributed by atoms with van der Waals surface area (Å²) in [5.74, 6) is 0. The van der Waals surface area contributed by atoms with Gasteiger partial charge in [0.25, 0.3) is 0 Å². The van der Waals surface area contributed by atoms with E-state index in [1.54, 1.807) is 24.3 Å². The number of rotatable bonds is 6. The van der Waals surface area contributed by atoms with Crippen LogP contribution in [0.1, 0.15) is 22.7 Å². The van der Waals surface area contributed by atoms with Crippen LogP contribution in [0.2, 0.25) is 0 Å². The lowest BCUT2D eigenvalue weighted by Gasteiger charge is -2.36. The molecule has 0 aliphatic carbocycles. The molecule has 3 aromatic carbocycles. The van der Waals surface area contributed by atoms with Gasteiger partial charge in [0.2, 0.25) is 10.0 Å². The Balaban J connectivity index is 1.57. The molecule has 1 N–H and O–H groups in total. The summed E-state index contributed by atoms with van der Waals surface area (Å²) in [6.07, 6.45) is 0.977. The molecule has 1 aliphatic heterocycles. The second-order valence-electron chi connectivity index (χ2n) is 7.08. The van der Waals surface area contributed by atoms with Crippen LogP contribution in [-0.2, 0) is 23.0 Å². The normalized spacial score (nSPS) is 15.7. The molecule has 0 amide bonds. The average Bonchev–Trinajstić information content (AvgIpc) is 2.75. The molecule has 0 fully saturated rings. The third-order valence-corrected chi connectivity index (χ3v) is 6.74. The van der Waals surface area contributed by atoms with Gasteiger partial charge in [0.1, 0.15) is 0 Å². The third kappa shape index (κ3) is 4.17. The highest BCUT2D eigenvalue weighted by Gasteiger charge is 2.26. The number of nitrogens with one attached hydrogen (secondary N) is 1. The predicted octanol–water partition coefficient (Wildman–Crippen LogP) is 3.76. The Labute approximate surface area is 166 Å². The van der Waals surface area contributed by atoms with E-state index in [-0.39, 0.29) is 6.04 Å². The minimum Gasteiger partial charge on any atom is -0.290 e. The summed E-state index contributed by atoms with van der Waals surface area (Å²) in [7, 11) is -3.54. The number of sulfonamides is 1. The van der Waals surface area contributed by atoms with Gasteiger partial charge in [-0.15, -0.1) is 0 Å². The highest BCUT2D eigenvalue weighted by molar-refractivity contribution is 7.89. The summed E-state index contributed by atoms with van der Waals surface area (Å²) in [4.78, 5) is 2.66. The Morgan fingerprint density at radius 3 is 2.14 bits per heavy atom. The van der Waals surface area contributed by atoms with Gasteiger partial charge in [-0.05, 0) is 35.2 Å². The van der Waals surface area contributed by atoms with Gasteiger partial charge >= 0.3 is 0 Å². The zero-order chi connectivity index (χ0) is 19.4. The molecule has 1 atom stereocenters. The summed E-state index contributed by atoms with van der Waals surface area (Å²) in [5, 5.41) is 0. The van der Waals surface area contributed by atoms with Gasteiger partial charge in [0, 0.05) is 25.7 Å². The van der Waals surface area contributed by atoms with E-state index in [1.165, 1.54) is 11.1 Å². The van der Waals surface area contributed by atoms with Gasteiger partial charge in [0.05, 0.1) is 4.90 Å². The summed E-state index contributed by atoms with van der Waals surface area (Å²) in [6.45, 7) is 2.07. The van der Waals surface area contributed by atoms with Crippen molar-refractivity contribution in [3.63, 3.8) is 0 Å². The van der Waals surface area contributed by atoms with Gasteiger partial charge in [-0.3, -0.25) is 4.90 Å². The maximum Gasteiger partial charge on any atom is 0.240 e. The van der Waals surface area contributed by atoms with Crippen LogP contribution in [0.5, 0.6) is 0 Å². The van der Waals surface area contributed by atoms with Crippen molar-refractivity contribution >= 4 is 10.0 Å². The Bertz CT molecular complexity index is 1020. The van der Waals surface area contributed by atoms with Gasteiger partial charge in [-0.1, -0.05) is 72.8 Å². The van der Waals surface area contributed by atoms with E-state index in [4.69, 9.17) is 0 Å². The van der Waals surface area contributed by atoms with Crippen molar-refractivity contribution in [1.82, 2.24) is 9.62 Å². The van der Waals surface area contributed by atoms with E-state index in [1.807, 2.05) is 24.3 Å². The first-order chi connectivity index (χ1) is 13.6. The molecular weight excluding hydrogens is 368 g/mol. The van der Waals surface area contributed by atoms with E-state index in [2.05, 4.69) is 46.0 Å². The lowest BCUT2D eigenvalue weighted by Crippen LogP contribution is -2.40. The van der Waals surface area contributed by atoms with E-state index < -0.39 is 10.0 Å². The number of hydrogen-bond acceptors (Lipinski definition) is 3. The number of nitrogens with zero attached hydrogens (tertiary/aromatic N) is 1. The Kier molecular flexibility index (Phi) is 5.57. The number of hydrogen-bond donors (Lipinski definition) is 1. The first-order valence-corrected chi connectivity index (χ1v) is 11.0. The molecular formula is C23H24N2O2S. The summed E-state index contributed by atoms with van der Waals surface area (Å²) < 4.78 is 28.3. The van der Waals surface area contributed by atoms with E-state index >= 15 is 0 Å². The molecule has 0 saturated heterocycles. The van der Waals surface area contributed by atoms with Crippen molar-refractivity contribution in [3.8, 4) is 0 Å². The van der Waals surface area contributed by atoms with Gasteiger partial charge in [0.15, 0.2) is 0 Å². The van der Waals surface area contributed by atoms with Crippen molar-refractivity contribution in [2.45, 2.75) is 23.9 Å². The molecule has 0 bridgehead atoms. The molecule has 3 aromatic rings. The molecule has 5 heteroatoms. The summed E-state index contributed by atoms with van der Waals surface area (Å²) in [5.41, 5.74) is 3.83. The fourth-order valence-corrected chi connectivity index (χ4v) is 4.85. The topological polar surface area (TPSA) is 49.4 Å². The fourth-order valence-electron chi connectivity index (χ4n) is 3.79. The monoisotopic (exact) mass is 392 g/mol. The minimum absolute atomic E-state index is 0.0203. The molecule has 4 rings (SSSR count). The molecule has 28 heavy (non-hydrogen) atoms. The van der Waals surface area contributed by atoms with Crippen LogP contribution in [0.25, 0.3) is 0 Å². The van der Waals surface area contributed by atoms with E-state index in [0.717, 1.165) is 25.1 Å². The molecule has 0 spiro atoms. The number of fused-ring (bicyclic) bond motifs is 1. The van der Waals surface area contributed by atoms with Crippen LogP contribution in [0, 0.1) is 0 Å². The number of benzene rings is 3. The lowest BCUT2D eigenvalue weighted by atomic mass is 9.96. The quantitative estimate of drug-likeness (QED) is 0.695. The molecule has 1 aliphatic rings. The zero-order valence-electron chi connectivity index (χ0n) is 15.7. The second kappa shape index (κ2) is 8.27. The third-order valence-electron chi connectivity index (χ3n) is 5.31. The molecule has 1 heterocycles. The average molecular weight is 393 g/mol. The zero-order valence-corrected chi connectivity index (χ0v) is 16.5. The largest absolute Gasteiger partial charge is 0.290 e. The van der Waals surface area contributed by atoms with Crippen molar-refractivity contribution in [2.24, 2.45) is 0 Å². The Hall–Kier alpha value is -2.47. The molecule has 0 unspecified atom stereocenters. The lowest BCUT2D eigenvalue weighted by molar-refractivity contribution is 0.180. The fraction of sp³-hybridized carbons (Fsp3) is 0.217. The van der Waals surface area contributed by atoms with Gasteiger partial charge in [-0.25, -0.2) is 13.1 Å². The molecule has 0 radical (unpaired) electrons.